The van der Waals surface area contributed by atoms with Gasteiger partial charge in [-0.05, 0) is 36.2 Å². The van der Waals surface area contributed by atoms with E-state index < -0.39 is 9.84 Å². The minimum Gasteiger partial charge on any atom is -0.355 e. The second-order valence-electron chi connectivity index (χ2n) is 6.79. The number of aromatic nitrogens is 1. The smallest absolute Gasteiger partial charge is 0.255 e. The van der Waals surface area contributed by atoms with Crippen LogP contribution in [-0.2, 0) is 16.4 Å². The fourth-order valence-corrected chi connectivity index (χ4v) is 4.13. The van der Waals surface area contributed by atoms with Crippen molar-refractivity contribution >= 4 is 21.6 Å². The van der Waals surface area contributed by atoms with Crippen LogP contribution in [0.25, 0.3) is 0 Å². The molecule has 3 rings (SSSR count). The molecule has 1 fully saturated rings. The maximum Gasteiger partial charge on any atom is 0.255 e. The molecule has 1 saturated heterocycles. The summed E-state index contributed by atoms with van der Waals surface area (Å²) >= 11 is 0. The Hall–Kier alpha value is -2.48. The third-order valence-electron chi connectivity index (χ3n) is 4.67. The fourth-order valence-electron chi connectivity index (χ4n) is 2.93. The minimum absolute atomic E-state index is 0.0000987. The summed E-state index contributed by atoms with van der Waals surface area (Å²) in [5.41, 5.74) is 1.86. The van der Waals surface area contributed by atoms with Crippen LogP contribution in [0.4, 0.5) is 10.2 Å². The number of halogens is 1. The normalized spacial score (nSPS) is 16.2. The Kier molecular flexibility index (Phi) is 5.46. The molecular weight excluding hydrogens is 369 g/mol. The molecule has 1 aromatic carbocycles. The van der Waals surface area contributed by atoms with Crippen LogP contribution in [0.1, 0.15) is 21.5 Å². The van der Waals surface area contributed by atoms with Crippen molar-refractivity contribution in [2.45, 2.75) is 13.5 Å². The Balaban J connectivity index is 1.65. The first-order valence-corrected chi connectivity index (χ1v) is 10.5. The molecular formula is C19H22FN3O3S. The molecule has 0 saturated carbocycles. The molecule has 1 amide bonds. The summed E-state index contributed by atoms with van der Waals surface area (Å²) in [5, 5.41) is 0. The van der Waals surface area contributed by atoms with Crippen molar-refractivity contribution in [2.75, 3.05) is 36.5 Å². The summed E-state index contributed by atoms with van der Waals surface area (Å²) in [6.45, 7) is 2.63. The van der Waals surface area contributed by atoms with E-state index in [0.29, 0.717) is 23.5 Å². The number of sulfone groups is 1. The van der Waals surface area contributed by atoms with Crippen LogP contribution in [0, 0.1) is 12.7 Å². The highest BCUT2D eigenvalue weighted by atomic mass is 32.2. The van der Waals surface area contributed by atoms with Crippen molar-refractivity contribution in [3.63, 3.8) is 0 Å². The number of carbonyl (C=O) groups is 1. The Morgan fingerprint density at radius 3 is 2.52 bits per heavy atom. The van der Waals surface area contributed by atoms with Crippen LogP contribution in [-0.4, -0.2) is 55.9 Å². The summed E-state index contributed by atoms with van der Waals surface area (Å²) in [6, 6.07) is 8.54. The van der Waals surface area contributed by atoms with E-state index >= 15 is 0 Å². The molecule has 1 aliphatic rings. The number of aryl methyl sites for hydroxylation is 1. The molecule has 0 bridgehead atoms. The molecule has 6 nitrogen and oxygen atoms in total. The zero-order chi connectivity index (χ0) is 19.6. The van der Waals surface area contributed by atoms with Gasteiger partial charge < -0.3 is 9.80 Å². The molecule has 0 atom stereocenters. The van der Waals surface area contributed by atoms with Gasteiger partial charge in [-0.2, -0.15) is 0 Å². The molecule has 27 heavy (non-hydrogen) atoms. The molecule has 1 aliphatic heterocycles. The van der Waals surface area contributed by atoms with E-state index in [2.05, 4.69) is 4.98 Å². The van der Waals surface area contributed by atoms with Crippen LogP contribution in [0.15, 0.2) is 36.5 Å². The summed E-state index contributed by atoms with van der Waals surface area (Å²) < 4.78 is 36.7. The number of hydrogen-bond acceptors (Lipinski definition) is 5. The van der Waals surface area contributed by atoms with Crippen molar-refractivity contribution < 1.29 is 17.6 Å². The van der Waals surface area contributed by atoms with Gasteiger partial charge in [-0.1, -0.05) is 12.1 Å². The monoisotopic (exact) mass is 391 g/mol. The molecule has 1 aromatic heterocycles. The molecule has 144 valence electrons. The first kappa shape index (κ1) is 19.3. The Labute approximate surface area is 158 Å². The van der Waals surface area contributed by atoms with Crippen LogP contribution in [0.3, 0.4) is 0 Å². The SMILES string of the molecule is Cc1ccc(CN(C)c2ccc(C(=O)N3CCS(=O)(=O)CC3)cn2)cc1F. The van der Waals surface area contributed by atoms with Gasteiger partial charge in [-0.15, -0.1) is 0 Å². The molecule has 0 aliphatic carbocycles. The molecule has 0 unspecified atom stereocenters. The summed E-state index contributed by atoms with van der Waals surface area (Å²) in [7, 11) is -1.18. The fraction of sp³-hybridized carbons (Fsp3) is 0.368. The zero-order valence-corrected chi connectivity index (χ0v) is 16.2. The Morgan fingerprint density at radius 2 is 1.93 bits per heavy atom. The van der Waals surface area contributed by atoms with E-state index in [9.17, 15) is 17.6 Å². The molecule has 0 radical (unpaired) electrons. The van der Waals surface area contributed by atoms with Gasteiger partial charge in [0.1, 0.15) is 11.6 Å². The average Bonchev–Trinajstić information content (AvgIpc) is 2.64. The minimum atomic E-state index is -3.03. The van der Waals surface area contributed by atoms with Crippen molar-refractivity contribution in [3.05, 3.63) is 59.0 Å². The first-order valence-electron chi connectivity index (χ1n) is 8.67. The van der Waals surface area contributed by atoms with Crippen molar-refractivity contribution in [1.82, 2.24) is 9.88 Å². The second kappa shape index (κ2) is 7.64. The predicted molar refractivity (Wildman–Crippen MR) is 102 cm³/mol. The van der Waals surface area contributed by atoms with Gasteiger partial charge in [-0.3, -0.25) is 4.79 Å². The van der Waals surface area contributed by atoms with Crippen molar-refractivity contribution in [3.8, 4) is 0 Å². The topological polar surface area (TPSA) is 70.6 Å². The average molecular weight is 391 g/mol. The van der Waals surface area contributed by atoms with E-state index in [1.807, 2.05) is 18.0 Å². The number of carbonyl (C=O) groups excluding carboxylic acids is 1. The lowest BCUT2D eigenvalue weighted by Crippen LogP contribution is -2.43. The molecule has 8 heteroatoms. The lowest BCUT2D eigenvalue weighted by atomic mass is 10.1. The molecule has 2 aromatic rings. The summed E-state index contributed by atoms with van der Waals surface area (Å²) in [5.74, 6) is 0.208. The lowest BCUT2D eigenvalue weighted by Gasteiger charge is -2.26. The third-order valence-corrected chi connectivity index (χ3v) is 6.28. The van der Waals surface area contributed by atoms with E-state index in [1.165, 1.54) is 17.2 Å². The van der Waals surface area contributed by atoms with Gasteiger partial charge in [0.2, 0.25) is 0 Å². The highest BCUT2D eigenvalue weighted by Crippen LogP contribution is 2.17. The van der Waals surface area contributed by atoms with Gasteiger partial charge in [0, 0.05) is 32.9 Å². The van der Waals surface area contributed by atoms with Crippen molar-refractivity contribution in [1.29, 1.82) is 0 Å². The van der Waals surface area contributed by atoms with Gasteiger partial charge in [0.05, 0.1) is 17.1 Å². The number of benzene rings is 1. The van der Waals surface area contributed by atoms with Crippen molar-refractivity contribution in [2.24, 2.45) is 0 Å². The van der Waals surface area contributed by atoms with Gasteiger partial charge >= 0.3 is 0 Å². The van der Waals surface area contributed by atoms with Crippen LogP contribution >= 0.6 is 0 Å². The van der Waals surface area contributed by atoms with E-state index in [0.717, 1.165) is 5.56 Å². The first-order chi connectivity index (χ1) is 12.7. The van der Waals surface area contributed by atoms with Crippen LogP contribution in [0.2, 0.25) is 0 Å². The third kappa shape index (κ3) is 4.63. The van der Waals surface area contributed by atoms with Gasteiger partial charge in [0.25, 0.3) is 5.91 Å². The Bertz CT molecular complexity index is 931. The van der Waals surface area contributed by atoms with Crippen LogP contribution in [0.5, 0.6) is 0 Å². The lowest BCUT2D eigenvalue weighted by molar-refractivity contribution is 0.0770. The number of pyridine rings is 1. The van der Waals surface area contributed by atoms with E-state index in [-0.39, 0.29) is 36.3 Å². The summed E-state index contributed by atoms with van der Waals surface area (Å²) in [6.07, 6.45) is 1.49. The maximum atomic E-state index is 13.7. The number of hydrogen-bond donors (Lipinski definition) is 0. The number of nitrogens with zero attached hydrogens (tertiary/aromatic N) is 3. The van der Waals surface area contributed by atoms with E-state index in [4.69, 9.17) is 0 Å². The number of rotatable bonds is 4. The Morgan fingerprint density at radius 1 is 1.22 bits per heavy atom. The predicted octanol–water partition coefficient (Wildman–Crippen LogP) is 2.04. The second-order valence-corrected chi connectivity index (χ2v) is 9.09. The van der Waals surface area contributed by atoms with E-state index in [1.54, 1.807) is 25.1 Å². The summed E-state index contributed by atoms with van der Waals surface area (Å²) in [4.78, 5) is 20.2. The maximum absolute atomic E-state index is 13.7. The van der Waals surface area contributed by atoms with Crippen LogP contribution < -0.4 is 4.90 Å². The number of anilines is 1. The molecule has 2 heterocycles. The molecule has 0 spiro atoms. The standard InChI is InChI=1S/C19H22FN3O3S/c1-14-3-4-15(11-17(14)20)13-22(2)18-6-5-16(12-21-18)19(24)23-7-9-27(25,26)10-8-23/h3-6,11-12H,7-10,13H2,1-2H3. The zero-order valence-electron chi connectivity index (χ0n) is 15.4. The number of amides is 1. The molecule has 0 N–H and O–H groups in total. The highest BCUT2D eigenvalue weighted by molar-refractivity contribution is 7.91. The van der Waals surface area contributed by atoms with Gasteiger partial charge in [0.15, 0.2) is 9.84 Å². The van der Waals surface area contributed by atoms with Gasteiger partial charge in [-0.25, -0.2) is 17.8 Å². The quantitative estimate of drug-likeness (QED) is 0.798. The largest absolute Gasteiger partial charge is 0.355 e. The highest BCUT2D eigenvalue weighted by Gasteiger charge is 2.25.